The van der Waals surface area contributed by atoms with Crippen molar-refractivity contribution in [1.29, 1.82) is 0 Å². The highest BCUT2D eigenvalue weighted by Gasteiger charge is 2.41. The Labute approximate surface area is 184 Å². The third kappa shape index (κ3) is 5.49. The standard InChI is InChI=1S/C23H34N4O4/c1-23(2,3)31-22(29)27-15-20(16-27)25-11-9-24(10-12-25)19-13-26(14-19)21(28)30-17-18-7-5-4-6-8-18/h4-8,19-20H,9-17H2,1-3H3. The van der Waals surface area contributed by atoms with Gasteiger partial charge in [0.1, 0.15) is 12.2 Å². The number of likely N-dealkylation sites (tertiary alicyclic amines) is 2. The average Bonchev–Trinajstić information content (AvgIpc) is 2.64. The van der Waals surface area contributed by atoms with E-state index in [0.717, 1.165) is 57.9 Å². The summed E-state index contributed by atoms with van der Waals surface area (Å²) in [5, 5.41) is 0. The van der Waals surface area contributed by atoms with Crippen molar-refractivity contribution in [2.75, 3.05) is 52.4 Å². The minimum Gasteiger partial charge on any atom is -0.445 e. The molecule has 170 valence electrons. The van der Waals surface area contributed by atoms with E-state index < -0.39 is 5.60 Å². The van der Waals surface area contributed by atoms with Gasteiger partial charge >= 0.3 is 12.2 Å². The largest absolute Gasteiger partial charge is 0.445 e. The second kappa shape index (κ2) is 9.04. The van der Waals surface area contributed by atoms with Gasteiger partial charge in [0.25, 0.3) is 0 Å². The van der Waals surface area contributed by atoms with E-state index in [9.17, 15) is 9.59 Å². The van der Waals surface area contributed by atoms with Gasteiger partial charge in [-0.3, -0.25) is 9.80 Å². The maximum atomic E-state index is 12.2. The summed E-state index contributed by atoms with van der Waals surface area (Å²) in [6, 6.07) is 10.6. The van der Waals surface area contributed by atoms with E-state index >= 15 is 0 Å². The fourth-order valence-corrected chi connectivity index (χ4v) is 4.28. The molecule has 0 atom stereocenters. The summed E-state index contributed by atoms with van der Waals surface area (Å²) >= 11 is 0. The van der Waals surface area contributed by atoms with Crippen molar-refractivity contribution in [1.82, 2.24) is 19.6 Å². The van der Waals surface area contributed by atoms with Crippen molar-refractivity contribution in [3.05, 3.63) is 35.9 Å². The molecule has 0 bridgehead atoms. The van der Waals surface area contributed by atoms with Crippen molar-refractivity contribution in [2.24, 2.45) is 0 Å². The Morgan fingerprint density at radius 2 is 1.32 bits per heavy atom. The Kier molecular flexibility index (Phi) is 6.39. The number of benzene rings is 1. The third-order valence-electron chi connectivity index (χ3n) is 6.22. The van der Waals surface area contributed by atoms with Crippen LogP contribution in [0.2, 0.25) is 0 Å². The third-order valence-corrected chi connectivity index (χ3v) is 6.22. The van der Waals surface area contributed by atoms with Gasteiger partial charge in [0.15, 0.2) is 0 Å². The van der Waals surface area contributed by atoms with E-state index in [1.54, 1.807) is 9.80 Å². The van der Waals surface area contributed by atoms with Gasteiger partial charge in [-0.2, -0.15) is 0 Å². The Balaban J connectivity index is 1.11. The van der Waals surface area contributed by atoms with Crippen molar-refractivity contribution in [3.63, 3.8) is 0 Å². The molecule has 3 aliphatic heterocycles. The lowest BCUT2D eigenvalue weighted by atomic mass is 10.0. The molecular formula is C23H34N4O4. The molecule has 0 N–H and O–H groups in total. The van der Waals surface area contributed by atoms with Gasteiger partial charge in [-0.05, 0) is 26.3 Å². The molecule has 0 radical (unpaired) electrons. The number of carbonyl (C=O) groups is 2. The van der Waals surface area contributed by atoms with Gasteiger partial charge in [0, 0.05) is 64.4 Å². The molecule has 4 rings (SSSR count). The van der Waals surface area contributed by atoms with Crippen LogP contribution in [0.25, 0.3) is 0 Å². The summed E-state index contributed by atoms with van der Waals surface area (Å²) in [5.74, 6) is 0. The molecule has 8 heteroatoms. The van der Waals surface area contributed by atoms with E-state index in [0.29, 0.717) is 18.7 Å². The van der Waals surface area contributed by atoms with E-state index in [1.165, 1.54) is 0 Å². The molecule has 3 fully saturated rings. The Morgan fingerprint density at radius 1 is 0.839 bits per heavy atom. The van der Waals surface area contributed by atoms with E-state index in [2.05, 4.69) is 9.80 Å². The number of ether oxygens (including phenoxy) is 2. The first-order valence-electron chi connectivity index (χ1n) is 11.2. The second-order valence-corrected chi connectivity index (χ2v) is 9.71. The summed E-state index contributed by atoms with van der Waals surface area (Å²) in [6.45, 7) is 13.0. The first-order chi connectivity index (χ1) is 14.8. The van der Waals surface area contributed by atoms with Gasteiger partial charge in [-0.15, -0.1) is 0 Å². The molecule has 0 spiro atoms. The van der Waals surface area contributed by atoms with E-state index in [-0.39, 0.29) is 12.2 Å². The fraction of sp³-hybridized carbons (Fsp3) is 0.652. The quantitative estimate of drug-likeness (QED) is 0.730. The van der Waals surface area contributed by atoms with Gasteiger partial charge < -0.3 is 19.3 Å². The van der Waals surface area contributed by atoms with Crippen LogP contribution in [0.5, 0.6) is 0 Å². The van der Waals surface area contributed by atoms with Crippen molar-refractivity contribution in [2.45, 2.75) is 45.1 Å². The number of amides is 2. The molecule has 2 amide bonds. The maximum Gasteiger partial charge on any atom is 0.410 e. The topological polar surface area (TPSA) is 65.6 Å². The van der Waals surface area contributed by atoms with Crippen LogP contribution in [0.3, 0.4) is 0 Å². The van der Waals surface area contributed by atoms with E-state index in [1.807, 2.05) is 51.1 Å². The Hall–Kier alpha value is -2.32. The molecule has 0 aliphatic carbocycles. The number of piperazine rings is 1. The SMILES string of the molecule is CC(C)(C)OC(=O)N1CC(N2CCN(C3CN(C(=O)OCc4ccccc4)C3)CC2)C1. The smallest absolute Gasteiger partial charge is 0.410 e. The zero-order chi connectivity index (χ0) is 22.0. The minimum absolute atomic E-state index is 0.212. The molecule has 1 aromatic carbocycles. The molecule has 3 saturated heterocycles. The molecule has 0 unspecified atom stereocenters. The molecule has 0 aromatic heterocycles. The lowest BCUT2D eigenvalue weighted by molar-refractivity contribution is -0.0404. The first kappa shape index (κ1) is 21.9. The number of nitrogens with zero attached hydrogens (tertiary/aromatic N) is 4. The van der Waals surface area contributed by atoms with Gasteiger partial charge in [-0.25, -0.2) is 9.59 Å². The number of hydrogen-bond acceptors (Lipinski definition) is 6. The van der Waals surface area contributed by atoms with Gasteiger partial charge in [0.05, 0.1) is 0 Å². The highest BCUT2D eigenvalue weighted by molar-refractivity contribution is 5.69. The van der Waals surface area contributed by atoms with Gasteiger partial charge in [-0.1, -0.05) is 30.3 Å². The number of hydrogen-bond donors (Lipinski definition) is 0. The van der Waals surface area contributed by atoms with E-state index in [4.69, 9.17) is 9.47 Å². The number of carbonyl (C=O) groups excluding carboxylic acids is 2. The fourth-order valence-electron chi connectivity index (χ4n) is 4.28. The normalized spacial score (nSPS) is 21.4. The van der Waals surface area contributed by atoms with Crippen LogP contribution in [-0.2, 0) is 16.1 Å². The van der Waals surface area contributed by atoms with Crippen molar-refractivity contribution < 1.29 is 19.1 Å². The van der Waals surface area contributed by atoms with Crippen LogP contribution in [0.4, 0.5) is 9.59 Å². The Bertz CT molecular complexity index is 762. The summed E-state index contributed by atoms with van der Waals surface area (Å²) in [7, 11) is 0. The summed E-state index contributed by atoms with van der Waals surface area (Å²) in [6.07, 6.45) is -0.438. The highest BCUT2D eigenvalue weighted by Crippen LogP contribution is 2.23. The highest BCUT2D eigenvalue weighted by atomic mass is 16.6. The first-order valence-corrected chi connectivity index (χ1v) is 11.2. The van der Waals surface area contributed by atoms with Crippen LogP contribution in [-0.4, -0.2) is 102 Å². The molecule has 3 aliphatic rings. The molecular weight excluding hydrogens is 396 g/mol. The van der Waals surface area contributed by atoms with Crippen LogP contribution in [0.15, 0.2) is 30.3 Å². The predicted octanol–water partition coefficient (Wildman–Crippen LogP) is 2.24. The van der Waals surface area contributed by atoms with Crippen LogP contribution < -0.4 is 0 Å². The number of rotatable bonds is 4. The lowest BCUT2D eigenvalue weighted by Gasteiger charge is -2.51. The maximum absolute atomic E-state index is 12.2. The lowest BCUT2D eigenvalue weighted by Crippen LogP contribution is -2.68. The monoisotopic (exact) mass is 430 g/mol. The Morgan fingerprint density at radius 3 is 1.81 bits per heavy atom. The van der Waals surface area contributed by atoms with Crippen molar-refractivity contribution in [3.8, 4) is 0 Å². The molecule has 3 heterocycles. The molecule has 0 saturated carbocycles. The zero-order valence-corrected chi connectivity index (χ0v) is 18.8. The zero-order valence-electron chi connectivity index (χ0n) is 18.8. The average molecular weight is 431 g/mol. The van der Waals surface area contributed by atoms with Crippen LogP contribution in [0, 0.1) is 0 Å². The summed E-state index contributed by atoms with van der Waals surface area (Å²) < 4.78 is 10.9. The molecule has 8 nitrogen and oxygen atoms in total. The summed E-state index contributed by atoms with van der Waals surface area (Å²) in [4.78, 5) is 32.8. The van der Waals surface area contributed by atoms with Crippen molar-refractivity contribution >= 4 is 12.2 Å². The predicted molar refractivity (Wildman–Crippen MR) is 117 cm³/mol. The molecule has 31 heavy (non-hydrogen) atoms. The minimum atomic E-state index is -0.446. The van der Waals surface area contributed by atoms with Gasteiger partial charge in [0.2, 0.25) is 0 Å². The summed E-state index contributed by atoms with van der Waals surface area (Å²) in [5.41, 5.74) is 0.559. The molecule has 1 aromatic rings. The van der Waals surface area contributed by atoms with Crippen LogP contribution in [0.1, 0.15) is 26.3 Å². The van der Waals surface area contributed by atoms with Crippen LogP contribution >= 0.6 is 0 Å². The second-order valence-electron chi connectivity index (χ2n) is 9.71.